The number of para-hydroxylation sites is 2. The highest BCUT2D eigenvalue weighted by molar-refractivity contribution is 5.94. The van der Waals surface area contributed by atoms with E-state index in [9.17, 15) is 9.90 Å². The van der Waals surface area contributed by atoms with Crippen LogP contribution in [0.15, 0.2) is 42.5 Å². The molecule has 0 spiro atoms. The number of carbonyl (C=O) groups is 1. The molecule has 0 bridgehead atoms. The summed E-state index contributed by atoms with van der Waals surface area (Å²) in [7, 11) is 0. The molecule has 2 aliphatic rings. The van der Waals surface area contributed by atoms with Crippen LogP contribution in [-0.4, -0.2) is 42.1 Å². The molecule has 5 nitrogen and oxygen atoms in total. The Morgan fingerprint density at radius 3 is 2.44 bits per heavy atom. The molecule has 2 heterocycles. The molecule has 2 aliphatic heterocycles. The van der Waals surface area contributed by atoms with E-state index >= 15 is 0 Å². The third-order valence-corrected chi connectivity index (χ3v) is 4.87. The summed E-state index contributed by atoms with van der Waals surface area (Å²) in [6.45, 7) is 4.54. The van der Waals surface area contributed by atoms with Crippen LogP contribution < -0.4 is 10.2 Å². The minimum atomic E-state index is 0. The number of rotatable bonds is 2. The fourth-order valence-corrected chi connectivity index (χ4v) is 3.49. The number of carbonyl (C=O) groups excluding carboxylic acids is 1. The van der Waals surface area contributed by atoms with Gasteiger partial charge in [0.1, 0.15) is 5.75 Å². The van der Waals surface area contributed by atoms with Gasteiger partial charge in [0.15, 0.2) is 0 Å². The number of nitrogens with zero attached hydrogens (tertiary/aromatic N) is 2. The van der Waals surface area contributed by atoms with Gasteiger partial charge in [-0.2, -0.15) is 0 Å². The van der Waals surface area contributed by atoms with E-state index < -0.39 is 0 Å². The lowest BCUT2D eigenvalue weighted by atomic mass is 10.1. The highest BCUT2D eigenvalue weighted by atomic mass is 35.5. The molecule has 2 aromatic rings. The zero-order valence-electron chi connectivity index (χ0n) is 13.9. The predicted molar refractivity (Wildman–Crippen MR) is 100 cm³/mol. The van der Waals surface area contributed by atoms with Crippen molar-refractivity contribution >= 4 is 24.0 Å². The molecule has 2 aromatic carbocycles. The summed E-state index contributed by atoms with van der Waals surface area (Å²) in [6.07, 6.45) is 0. The second-order valence-corrected chi connectivity index (χ2v) is 6.36. The summed E-state index contributed by atoms with van der Waals surface area (Å²) in [6, 6.07) is 13.4. The van der Waals surface area contributed by atoms with Crippen LogP contribution in [0.2, 0.25) is 0 Å². The van der Waals surface area contributed by atoms with Gasteiger partial charge >= 0.3 is 0 Å². The minimum absolute atomic E-state index is 0. The van der Waals surface area contributed by atoms with Gasteiger partial charge in [-0.1, -0.05) is 18.2 Å². The zero-order valence-corrected chi connectivity index (χ0v) is 14.8. The number of anilines is 1. The van der Waals surface area contributed by atoms with Crippen molar-refractivity contribution in [3.05, 3.63) is 59.2 Å². The van der Waals surface area contributed by atoms with Crippen molar-refractivity contribution in [2.75, 3.05) is 31.1 Å². The van der Waals surface area contributed by atoms with Gasteiger partial charge in [-0.25, -0.2) is 0 Å². The maximum atomic E-state index is 12.7. The molecule has 0 unspecified atom stereocenters. The number of piperazine rings is 1. The first-order valence-corrected chi connectivity index (χ1v) is 8.37. The average molecular weight is 360 g/mol. The lowest BCUT2D eigenvalue weighted by molar-refractivity contribution is 0.0746. The number of phenolic OH excluding ortho intramolecular Hbond substituents is 1. The monoisotopic (exact) mass is 359 g/mol. The number of amides is 1. The Hall–Kier alpha value is -2.24. The largest absolute Gasteiger partial charge is 0.506 e. The standard InChI is InChI=1S/C19H21N3O2.ClH/c23-18-4-2-1-3-17(18)21-7-9-22(10-8-21)19(24)14-5-6-15-12-20-13-16(15)11-14;/h1-6,11,20,23H,7-10,12-13H2;1H. The number of benzene rings is 2. The Morgan fingerprint density at radius 2 is 1.68 bits per heavy atom. The van der Waals surface area contributed by atoms with Crippen LogP contribution in [0.25, 0.3) is 0 Å². The van der Waals surface area contributed by atoms with Crippen molar-refractivity contribution < 1.29 is 9.90 Å². The van der Waals surface area contributed by atoms with Gasteiger partial charge in [-0.15, -0.1) is 12.4 Å². The van der Waals surface area contributed by atoms with Crippen LogP contribution in [0, 0.1) is 0 Å². The molecule has 25 heavy (non-hydrogen) atoms. The van der Waals surface area contributed by atoms with Crippen molar-refractivity contribution in [3.63, 3.8) is 0 Å². The molecule has 0 radical (unpaired) electrons. The Bertz CT molecular complexity index is 773. The van der Waals surface area contributed by atoms with Gasteiger partial charge in [0, 0.05) is 44.8 Å². The van der Waals surface area contributed by atoms with E-state index in [2.05, 4.69) is 16.3 Å². The second-order valence-electron chi connectivity index (χ2n) is 6.36. The first-order chi connectivity index (χ1) is 11.7. The van der Waals surface area contributed by atoms with E-state index in [1.54, 1.807) is 6.07 Å². The number of phenols is 1. The molecule has 0 aliphatic carbocycles. The normalized spacial score (nSPS) is 16.3. The fraction of sp³-hybridized carbons (Fsp3) is 0.316. The maximum absolute atomic E-state index is 12.7. The SMILES string of the molecule is Cl.O=C(c1ccc2c(c1)CNC2)N1CCN(c2ccccc2O)CC1. The lowest BCUT2D eigenvalue weighted by Crippen LogP contribution is -2.48. The van der Waals surface area contributed by atoms with Crippen LogP contribution >= 0.6 is 12.4 Å². The summed E-state index contributed by atoms with van der Waals surface area (Å²) in [5, 5.41) is 13.3. The zero-order chi connectivity index (χ0) is 16.5. The maximum Gasteiger partial charge on any atom is 0.253 e. The van der Waals surface area contributed by atoms with Gasteiger partial charge in [-0.05, 0) is 35.4 Å². The summed E-state index contributed by atoms with van der Waals surface area (Å²) >= 11 is 0. The van der Waals surface area contributed by atoms with E-state index in [0.29, 0.717) is 18.8 Å². The lowest BCUT2D eigenvalue weighted by Gasteiger charge is -2.36. The fourth-order valence-electron chi connectivity index (χ4n) is 3.49. The van der Waals surface area contributed by atoms with Crippen molar-refractivity contribution in [1.29, 1.82) is 0 Å². The van der Waals surface area contributed by atoms with Gasteiger partial charge in [0.2, 0.25) is 0 Å². The molecule has 0 saturated carbocycles. The third kappa shape index (κ3) is 3.43. The highest BCUT2D eigenvalue weighted by Crippen LogP contribution is 2.27. The molecule has 2 N–H and O–H groups in total. The highest BCUT2D eigenvalue weighted by Gasteiger charge is 2.24. The molecule has 1 fully saturated rings. The second kappa shape index (κ2) is 7.33. The molecule has 6 heteroatoms. The molecular formula is C19H22ClN3O2. The molecule has 0 atom stereocenters. The van der Waals surface area contributed by atoms with Crippen LogP contribution in [0.5, 0.6) is 5.75 Å². The van der Waals surface area contributed by atoms with E-state index in [-0.39, 0.29) is 18.3 Å². The van der Waals surface area contributed by atoms with Gasteiger partial charge < -0.3 is 20.2 Å². The number of halogens is 1. The number of hydrogen-bond donors (Lipinski definition) is 2. The van der Waals surface area contributed by atoms with Crippen molar-refractivity contribution in [2.45, 2.75) is 13.1 Å². The van der Waals surface area contributed by atoms with Gasteiger partial charge in [0.25, 0.3) is 5.91 Å². The summed E-state index contributed by atoms with van der Waals surface area (Å²) < 4.78 is 0. The number of aromatic hydroxyl groups is 1. The Kier molecular flexibility index (Phi) is 5.16. The van der Waals surface area contributed by atoms with Crippen LogP contribution in [0.3, 0.4) is 0 Å². The topological polar surface area (TPSA) is 55.8 Å². The number of fused-ring (bicyclic) bond motifs is 1. The Balaban J connectivity index is 0.00000182. The minimum Gasteiger partial charge on any atom is -0.506 e. The molecule has 4 rings (SSSR count). The van der Waals surface area contributed by atoms with E-state index in [1.165, 1.54) is 11.1 Å². The third-order valence-electron chi connectivity index (χ3n) is 4.87. The molecular weight excluding hydrogens is 338 g/mol. The van der Waals surface area contributed by atoms with Crippen LogP contribution in [0.1, 0.15) is 21.5 Å². The average Bonchev–Trinajstić information content (AvgIpc) is 3.09. The molecule has 0 aromatic heterocycles. The Labute approximate surface area is 153 Å². The first-order valence-electron chi connectivity index (χ1n) is 8.37. The Morgan fingerprint density at radius 1 is 0.960 bits per heavy atom. The van der Waals surface area contributed by atoms with Crippen molar-refractivity contribution in [3.8, 4) is 5.75 Å². The summed E-state index contributed by atoms with van der Waals surface area (Å²) in [5.41, 5.74) is 4.13. The van der Waals surface area contributed by atoms with Crippen LogP contribution in [0.4, 0.5) is 5.69 Å². The molecule has 1 amide bonds. The summed E-state index contributed by atoms with van der Waals surface area (Å²) in [4.78, 5) is 16.8. The summed E-state index contributed by atoms with van der Waals surface area (Å²) in [5.74, 6) is 0.394. The van der Waals surface area contributed by atoms with E-state index in [1.807, 2.05) is 35.2 Å². The number of nitrogens with one attached hydrogen (secondary N) is 1. The quantitative estimate of drug-likeness (QED) is 0.864. The smallest absolute Gasteiger partial charge is 0.253 e. The predicted octanol–water partition coefficient (Wildman–Crippen LogP) is 2.38. The van der Waals surface area contributed by atoms with Crippen LogP contribution in [-0.2, 0) is 13.1 Å². The van der Waals surface area contributed by atoms with Gasteiger partial charge in [-0.3, -0.25) is 4.79 Å². The first kappa shape index (κ1) is 17.6. The molecule has 1 saturated heterocycles. The van der Waals surface area contributed by atoms with Crippen molar-refractivity contribution in [2.24, 2.45) is 0 Å². The molecule has 132 valence electrons. The van der Waals surface area contributed by atoms with E-state index in [0.717, 1.165) is 37.4 Å². The van der Waals surface area contributed by atoms with E-state index in [4.69, 9.17) is 0 Å². The number of hydrogen-bond acceptors (Lipinski definition) is 4. The van der Waals surface area contributed by atoms with Gasteiger partial charge in [0.05, 0.1) is 5.69 Å². The van der Waals surface area contributed by atoms with Crippen molar-refractivity contribution in [1.82, 2.24) is 10.2 Å².